The highest BCUT2D eigenvalue weighted by Crippen LogP contribution is 2.24. The van der Waals surface area contributed by atoms with Crippen molar-refractivity contribution in [2.45, 2.75) is 31.8 Å². The van der Waals surface area contributed by atoms with Crippen LogP contribution in [0.1, 0.15) is 12.5 Å². The molecule has 0 saturated carbocycles. The van der Waals surface area contributed by atoms with Crippen LogP contribution >= 0.6 is 0 Å². The zero-order chi connectivity index (χ0) is 10.7. The van der Waals surface area contributed by atoms with Gasteiger partial charge in [0.05, 0.1) is 19.3 Å². The summed E-state index contributed by atoms with van der Waals surface area (Å²) in [6, 6.07) is 9.92. The quantitative estimate of drug-likeness (QED) is 0.743. The Labute approximate surface area is 89.6 Å². The minimum absolute atomic E-state index is 0.0271. The molecule has 3 atom stereocenters. The lowest BCUT2D eigenvalue weighted by Gasteiger charge is -2.08. The summed E-state index contributed by atoms with van der Waals surface area (Å²) >= 11 is 0. The van der Waals surface area contributed by atoms with Crippen LogP contribution in [-0.2, 0) is 16.1 Å². The van der Waals surface area contributed by atoms with Crippen LogP contribution < -0.4 is 0 Å². The van der Waals surface area contributed by atoms with Gasteiger partial charge in [-0.3, -0.25) is 0 Å². The van der Waals surface area contributed by atoms with Crippen molar-refractivity contribution in [2.75, 3.05) is 6.61 Å². The summed E-state index contributed by atoms with van der Waals surface area (Å²) in [5.41, 5.74) is 1.12. The number of aliphatic hydroxyl groups is 1. The number of rotatable bonds is 5. The first-order valence-corrected chi connectivity index (χ1v) is 5.22. The molecule has 1 heterocycles. The van der Waals surface area contributed by atoms with Crippen LogP contribution in [0.3, 0.4) is 0 Å². The van der Waals surface area contributed by atoms with Gasteiger partial charge in [0.2, 0.25) is 0 Å². The predicted octanol–water partition coefficient (Wildman–Crippen LogP) is 1.35. The first kappa shape index (κ1) is 10.6. The van der Waals surface area contributed by atoms with E-state index < -0.39 is 6.10 Å². The summed E-state index contributed by atoms with van der Waals surface area (Å²) in [7, 11) is 0. The summed E-state index contributed by atoms with van der Waals surface area (Å²) < 4.78 is 10.6. The first-order chi connectivity index (χ1) is 7.27. The highest BCUT2D eigenvalue weighted by Gasteiger charge is 2.40. The second kappa shape index (κ2) is 4.75. The Balaban J connectivity index is 1.67. The van der Waals surface area contributed by atoms with Crippen LogP contribution in [-0.4, -0.2) is 30.0 Å². The summed E-state index contributed by atoms with van der Waals surface area (Å²) in [6.45, 7) is 2.83. The normalized spacial score (nSPS) is 26.3. The van der Waals surface area contributed by atoms with Crippen molar-refractivity contribution in [1.29, 1.82) is 0 Å². The Morgan fingerprint density at radius 3 is 2.67 bits per heavy atom. The van der Waals surface area contributed by atoms with Gasteiger partial charge in [0.25, 0.3) is 0 Å². The molecule has 3 nitrogen and oxygen atoms in total. The van der Waals surface area contributed by atoms with Crippen molar-refractivity contribution in [3.05, 3.63) is 35.9 Å². The molecule has 3 unspecified atom stereocenters. The zero-order valence-corrected chi connectivity index (χ0v) is 8.80. The Hall–Kier alpha value is -0.900. The number of epoxide rings is 1. The number of hydrogen-bond acceptors (Lipinski definition) is 3. The molecule has 15 heavy (non-hydrogen) atoms. The van der Waals surface area contributed by atoms with Gasteiger partial charge in [0, 0.05) is 0 Å². The molecule has 0 spiro atoms. The molecule has 1 aliphatic rings. The third-order valence-corrected chi connectivity index (χ3v) is 2.54. The number of benzene rings is 1. The van der Waals surface area contributed by atoms with Crippen molar-refractivity contribution >= 4 is 0 Å². The third kappa shape index (κ3) is 3.02. The van der Waals surface area contributed by atoms with E-state index in [0.717, 1.165) is 5.56 Å². The SMILES string of the molecule is CC1OC1C(O)COCc1ccccc1. The van der Waals surface area contributed by atoms with Crippen molar-refractivity contribution in [1.82, 2.24) is 0 Å². The molecule has 0 aliphatic carbocycles. The predicted molar refractivity (Wildman–Crippen MR) is 56.4 cm³/mol. The number of hydrogen-bond donors (Lipinski definition) is 1. The van der Waals surface area contributed by atoms with E-state index in [1.54, 1.807) is 0 Å². The highest BCUT2D eigenvalue weighted by atomic mass is 16.6. The lowest BCUT2D eigenvalue weighted by Crippen LogP contribution is -2.22. The van der Waals surface area contributed by atoms with E-state index in [1.807, 2.05) is 37.3 Å². The van der Waals surface area contributed by atoms with Gasteiger partial charge in [-0.05, 0) is 12.5 Å². The third-order valence-electron chi connectivity index (χ3n) is 2.54. The van der Waals surface area contributed by atoms with E-state index >= 15 is 0 Å². The van der Waals surface area contributed by atoms with E-state index in [9.17, 15) is 5.11 Å². The smallest absolute Gasteiger partial charge is 0.112 e. The molecule has 3 heteroatoms. The molecule has 82 valence electrons. The van der Waals surface area contributed by atoms with Gasteiger partial charge >= 0.3 is 0 Å². The van der Waals surface area contributed by atoms with Gasteiger partial charge in [-0.1, -0.05) is 30.3 Å². The lowest BCUT2D eigenvalue weighted by atomic mass is 10.2. The molecule has 0 bridgehead atoms. The van der Waals surface area contributed by atoms with Crippen LogP contribution in [0.25, 0.3) is 0 Å². The van der Waals surface area contributed by atoms with E-state index in [0.29, 0.717) is 13.2 Å². The summed E-state index contributed by atoms with van der Waals surface area (Å²) in [5.74, 6) is 0. The van der Waals surface area contributed by atoms with Crippen LogP contribution in [0.15, 0.2) is 30.3 Å². The first-order valence-electron chi connectivity index (χ1n) is 5.22. The Morgan fingerprint density at radius 1 is 1.40 bits per heavy atom. The average Bonchev–Trinajstić information content (AvgIpc) is 2.97. The van der Waals surface area contributed by atoms with Gasteiger partial charge in [-0.15, -0.1) is 0 Å². The Kier molecular flexibility index (Phi) is 3.36. The van der Waals surface area contributed by atoms with Crippen molar-refractivity contribution in [3.8, 4) is 0 Å². The van der Waals surface area contributed by atoms with Crippen LogP contribution in [0.5, 0.6) is 0 Å². The van der Waals surface area contributed by atoms with Crippen LogP contribution in [0, 0.1) is 0 Å². The molecular weight excluding hydrogens is 192 g/mol. The zero-order valence-electron chi connectivity index (χ0n) is 8.80. The largest absolute Gasteiger partial charge is 0.388 e. The van der Waals surface area contributed by atoms with Crippen LogP contribution in [0.2, 0.25) is 0 Å². The Bertz CT molecular complexity index is 299. The lowest BCUT2D eigenvalue weighted by molar-refractivity contribution is 0.0148. The molecular formula is C12H16O3. The molecule has 0 amide bonds. The van der Waals surface area contributed by atoms with Gasteiger partial charge in [0.1, 0.15) is 12.2 Å². The van der Waals surface area contributed by atoms with Crippen LogP contribution in [0.4, 0.5) is 0 Å². The van der Waals surface area contributed by atoms with Crippen molar-refractivity contribution in [3.63, 3.8) is 0 Å². The summed E-state index contributed by atoms with van der Waals surface area (Å²) in [6.07, 6.45) is -0.343. The molecule has 0 aromatic heterocycles. The fraction of sp³-hybridized carbons (Fsp3) is 0.500. The molecule has 2 rings (SSSR count). The van der Waals surface area contributed by atoms with Crippen molar-refractivity contribution in [2.24, 2.45) is 0 Å². The molecule has 1 saturated heterocycles. The molecule has 1 aromatic carbocycles. The maximum absolute atomic E-state index is 9.59. The maximum Gasteiger partial charge on any atom is 0.112 e. The standard InChI is InChI=1S/C12H16O3/c1-9-12(15-9)11(13)8-14-7-10-5-3-2-4-6-10/h2-6,9,11-13H,7-8H2,1H3. The maximum atomic E-state index is 9.59. The fourth-order valence-corrected chi connectivity index (χ4v) is 1.57. The monoisotopic (exact) mass is 208 g/mol. The Morgan fingerprint density at radius 2 is 2.07 bits per heavy atom. The van der Waals surface area contributed by atoms with E-state index in [1.165, 1.54) is 0 Å². The van der Waals surface area contributed by atoms with E-state index in [2.05, 4.69) is 0 Å². The molecule has 1 aliphatic heterocycles. The molecule has 0 radical (unpaired) electrons. The molecule has 1 aromatic rings. The van der Waals surface area contributed by atoms with Gasteiger partial charge in [-0.2, -0.15) is 0 Å². The molecule has 1 N–H and O–H groups in total. The highest BCUT2D eigenvalue weighted by molar-refractivity contribution is 5.13. The van der Waals surface area contributed by atoms with E-state index in [-0.39, 0.29) is 12.2 Å². The van der Waals surface area contributed by atoms with Crippen molar-refractivity contribution < 1.29 is 14.6 Å². The van der Waals surface area contributed by atoms with Gasteiger partial charge in [-0.25, -0.2) is 0 Å². The summed E-state index contributed by atoms with van der Waals surface area (Å²) in [4.78, 5) is 0. The average molecular weight is 208 g/mol. The van der Waals surface area contributed by atoms with E-state index in [4.69, 9.17) is 9.47 Å². The van der Waals surface area contributed by atoms with Gasteiger partial charge < -0.3 is 14.6 Å². The fourth-order valence-electron chi connectivity index (χ4n) is 1.57. The number of ether oxygens (including phenoxy) is 2. The number of aliphatic hydroxyl groups excluding tert-OH is 1. The topological polar surface area (TPSA) is 42.0 Å². The second-order valence-corrected chi connectivity index (χ2v) is 3.87. The van der Waals surface area contributed by atoms with Gasteiger partial charge in [0.15, 0.2) is 0 Å². The molecule has 1 fully saturated rings. The minimum Gasteiger partial charge on any atom is -0.388 e. The minimum atomic E-state index is -0.497. The summed E-state index contributed by atoms with van der Waals surface area (Å²) in [5, 5.41) is 9.59. The second-order valence-electron chi connectivity index (χ2n) is 3.87.